The Balaban J connectivity index is 0.000000789. The maximum atomic E-state index is 14.1. The molecule has 6 N–H and O–H groups in total. The smallest absolute Gasteiger partial charge is 0.397 e. The van der Waals surface area contributed by atoms with E-state index in [1.807, 2.05) is 25.9 Å². The first kappa shape index (κ1) is 62.7. The van der Waals surface area contributed by atoms with Gasteiger partial charge in [-0.3, -0.25) is 14.1 Å². The Kier molecular flexibility index (Phi) is 25.9. The first-order valence-electron chi connectivity index (χ1n) is 25.2. The lowest BCUT2D eigenvalue weighted by molar-refractivity contribution is -0.318. The summed E-state index contributed by atoms with van der Waals surface area (Å²) in [5, 5.41) is 57.6. The van der Waals surface area contributed by atoms with E-state index in [2.05, 4.69) is 11.1 Å². The number of aliphatic hydroxyl groups excluding tert-OH is 3. The summed E-state index contributed by atoms with van der Waals surface area (Å²) >= 11 is 0. The minimum absolute atomic E-state index is 0.0926. The summed E-state index contributed by atoms with van der Waals surface area (Å²) in [5.41, 5.74) is -4.84. The van der Waals surface area contributed by atoms with E-state index in [1.165, 1.54) is 72.8 Å². The quantitative estimate of drug-likeness (QED) is 0.0530. The first-order valence-corrected chi connectivity index (χ1v) is 26.5. The van der Waals surface area contributed by atoms with Gasteiger partial charge in [-0.15, -0.1) is 0 Å². The van der Waals surface area contributed by atoms with Crippen LogP contribution in [-0.2, 0) is 52.6 Å². The maximum Gasteiger partial charge on any atom is 0.397 e. The van der Waals surface area contributed by atoms with Gasteiger partial charge in [-0.05, 0) is 81.3 Å². The SMILES string of the molecule is CCC1OC(=O)[C@H](C)[C@H](O[C@H]2C[C@@](C)(OC)[C@@H](O)[C@H](C)O2)[C@@H](C)[C@H](O[C@@H]2O[C@H](C)C[C@H](N(C)C)[C@H]2O)[C@@](C)(O)C[C@H](C)C(=O)C(C)[C@@H](O)C1(C)O.CCCCCCCCCCCCOS(=O)(=O)O. The van der Waals surface area contributed by atoms with Crippen LogP contribution in [0, 0.1) is 23.7 Å². The molecule has 0 radical (unpaired) electrons. The van der Waals surface area contributed by atoms with Crippen LogP contribution in [0.2, 0.25) is 0 Å². The number of ether oxygens (including phenoxy) is 6. The van der Waals surface area contributed by atoms with Crippen molar-refractivity contribution in [2.45, 2.75) is 250 Å². The molecule has 0 bridgehead atoms. The number of aliphatic hydroxyl groups is 5. The number of hydrogen-bond acceptors (Lipinski definition) is 17. The highest BCUT2D eigenvalue weighted by atomic mass is 32.3. The van der Waals surface area contributed by atoms with Crippen molar-refractivity contribution in [3.05, 3.63) is 0 Å². The number of esters is 1. The Bertz CT molecular complexity index is 1600. The van der Waals surface area contributed by atoms with Crippen LogP contribution in [-0.4, -0.2) is 167 Å². The standard InChI is InChI=1S/C37H67NO13.C12H26O4S/c1-14-25-37(10,45)30(41)20(4)27(39)18(2)16-35(8,44)32(51-34-28(40)24(38(11)12)15-19(3)47-34)21(5)29(22(6)33(43)49-25)50-26-17-36(9,46-13)31(42)23(7)48-26;1-2-3-4-5-6-7-8-9-10-11-12-16-17(13,14)15/h18-26,28-32,34,40-42,44-45H,14-17H2,1-13H3;2-12H2,1H3,(H,13,14,15)/t18-,19+,20?,21+,22+,23-,24-,25?,26-,28+,29+,30+,31-,32-,34-,35-,36+,37?;/m0./s1. The molecule has 3 saturated heterocycles. The molecule has 402 valence electrons. The van der Waals surface area contributed by atoms with Crippen molar-refractivity contribution in [2.24, 2.45) is 23.7 Å². The van der Waals surface area contributed by atoms with Gasteiger partial charge in [0.2, 0.25) is 0 Å². The molecule has 3 rings (SSSR count). The van der Waals surface area contributed by atoms with E-state index >= 15 is 0 Å². The molecule has 0 aromatic rings. The Hall–Kier alpha value is -1.43. The monoisotopic (exact) mass is 1000 g/mol. The number of carbonyl (C=O) groups excluding carboxylic acids is 2. The van der Waals surface area contributed by atoms with Gasteiger partial charge in [0.1, 0.15) is 29.7 Å². The van der Waals surface area contributed by atoms with Crippen molar-refractivity contribution in [2.75, 3.05) is 27.8 Å². The predicted molar refractivity (Wildman–Crippen MR) is 256 cm³/mol. The van der Waals surface area contributed by atoms with Crippen LogP contribution >= 0.6 is 0 Å². The summed E-state index contributed by atoms with van der Waals surface area (Å²) in [4.78, 5) is 29.8. The predicted octanol–water partition coefficient (Wildman–Crippen LogP) is 5.51. The molecule has 3 fully saturated rings. The second-order valence-corrected chi connectivity index (χ2v) is 22.0. The molecule has 3 heterocycles. The van der Waals surface area contributed by atoms with Gasteiger partial charge in [-0.2, -0.15) is 8.42 Å². The van der Waals surface area contributed by atoms with E-state index in [9.17, 15) is 43.5 Å². The minimum Gasteiger partial charge on any atom is -0.459 e. The van der Waals surface area contributed by atoms with E-state index in [4.69, 9.17) is 33.0 Å². The van der Waals surface area contributed by atoms with Crippen molar-refractivity contribution >= 4 is 22.2 Å². The number of hydrogen-bond donors (Lipinski definition) is 6. The average Bonchev–Trinajstić information content (AvgIpc) is 3.26. The Morgan fingerprint density at radius 1 is 0.779 bits per heavy atom. The van der Waals surface area contributed by atoms with Crippen LogP contribution in [0.5, 0.6) is 0 Å². The van der Waals surface area contributed by atoms with Crippen molar-refractivity contribution in [3.63, 3.8) is 0 Å². The van der Waals surface area contributed by atoms with Crippen LogP contribution < -0.4 is 0 Å². The molecule has 18 atom stereocenters. The third kappa shape index (κ3) is 18.3. The van der Waals surface area contributed by atoms with Gasteiger partial charge in [0.15, 0.2) is 12.6 Å². The number of likely N-dealkylation sites (N-methyl/N-ethyl adjacent to an activating group) is 1. The third-order valence-corrected chi connectivity index (χ3v) is 15.0. The van der Waals surface area contributed by atoms with Crippen LogP contribution in [0.4, 0.5) is 0 Å². The molecular weight excluding hydrogens is 907 g/mol. The summed E-state index contributed by atoms with van der Waals surface area (Å²) in [6.45, 7) is 18.6. The van der Waals surface area contributed by atoms with E-state index in [1.54, 1.807) is 41.5 Å². The summed E-state index contributed by atoms with van der Waals surface area (Å²) in [6, 6.07) is -0.324. The zero-order valence-electron chi connectivity index (χ0n) is 43.8. The molecule has 0 spiro atoms. The molecule has 0 amide bonds. The highest BCUT2D eigenvalue weighted by molar-refractivity contribution is 7.80. The fraction of sp³-hybridized carbons (Fsp3) is 0.959. The number of methoxy groups -OCH3 is 1. The fourth-order valence-corrected chi connectivity index (χ4v) is 10.5. The Morgan fingerprint density at radius 2 is 1.34 bits per heavy atom. The van der Waals surface area contributed by atoms with Crippen LogP contribution in [0.15, 0.2) is 0 Å². The van der Waals surface area contributed by atoms with E-state index < -0.39 is 118 Å². The number of carbonyl (C=O) groups is 2. The number of rotatable bonds is 19. The fourth-order valence-electron chi connectivity index (χ4n) is 10.2. The lowest BCUT2D eigenvalue weighted by atomic mass is 9.74. The largest absolute Gasteiger partial charge is 0.459 e. The van der Waals surface area contributed by atoms with Gasteiger partial charge in [0.25, 0.3) is 0 Å². The molecule has 18 nitrogen and oxygen atoms in total. The minimum atomic E-state index is -4.23. The molecule has 3 unspecified atom stereocenters. The second-order valence-electron chi connectivity index (χ2n) is 20.9. The molecule has 19 heteroatoms. The van der Waals surface area contributed by atoms with Crippen LogP contribution in [0.1, 0.15) is 166 Å². The number of nitrogens with zero attached hydrogens (tertiary/aromatic N) is 1. The number of cyclic esters (lactones) is 1. The summed E-state index contributed by atoms with van der Waals surface area (Å²) in [5.74, 6) is -4.98. The molecular formula is C49H93NO17S. The lowest BCUT2D eigenvalue weighted by Crippen LogP contribution is -2.61. The van der Waals surface area contributed by atoms with Gasteiger partial charge >= 0.3 is 16.4 Å². The van der Waals surface area contributed by atoms with Gasteiger partial charge in [0, 0.05) is 37.3 Å². The molecule has 0 aromatic carbocycles. The maximum absolute atomic E-state index is 14.1. The zero-order chi connectivity index (χ0) is 51.9. The summed E-state index contributed by atoms with van der Waals surface area (Å²) in [7, 11) is 0.942. The van der Waals surface area contributed by atoms with Crippen molar-refractivity contribution in [3.8, 4) is 0 Å². The van der Waals surface area contributed by atoms with Gasteiger partial charge in [0.05, 0.1) is 54.2 Å². The second kappa shape index (κ2) is 28.1. The molecule has 0 aromatic heterocycles. The highest BCUT2D eigenvalue weighted by Crippen LogP contribution is 2.41. The van der Waals surface area contributed by atoms with Crippen molar-refractivity contribution in [1.82, 2.24) is 4.90 Å². The Labute approximate surface area is 408 Å². The average molecular weight is 1000 g/mol. The first-order chi connectivity index (χ1) is 31.5. The van der Waals surface area contributed by atoms with Gasteiger partial charge in [-0.1, -0.05) is 92.4 Å². The number of unbranched alkanes of at least 4 members (excludes halogenated alkanes) is 9. The van der Waals surface area contributed by atoms with E-state index in [0.717, 1.165) is 12.8 Å². The highest BCUT2D eigenvalue weighted by Gasteiger charge is 2.53. The zero-order valence-corrected chi connectivity index (χ0v) is 44.6. The summed E-state index contributed by atoms with van der Waals surface area (Å²) < 4.78 is 70.0. The molecule has 0 aliphatic carbocycles. The molecule has 3 aliphatic rings. The molecule has 0 saturated carbocycles. The third-order valence-electron chi connectivity index (χ3n) is 14.6. The normalized spacial score (nSPS) is 40.3. The van der Waals surface area contributed by atoms with E-state index in [-0.39, 0.29) is 38.0 Å². The molecule has 3 aliphatic heterocycles. The van der Waals surface area contributed by atoms with Crippen molar-refractivity contribution < 1.29 is 80.7 Å². The number of Topliss-reactive ketones (excluding diaryl/α,β-unsaturated/α-hetero) is 1. The molecule has 68 heavy (non-hydrogen) atoms. The van der Waals surface area contributed by atoms with Crippen LogP contribution in [0.25, 0.3) is 0 Å². The summed E-state index contributed by atoms with van der Waals surface area (Å²) in [6.07, 6.45) is 2.14. The van der Waals surface area contributed by atoms with Gasteiger partial charge < -0.3 is 58.9 Å². The van der Waals surface area contributed by atoms with Crippen LogP contribution in [0.3, 0.4) is 0 Å². The lowest BCUT2D eigenvalue weighted by Gasteiger charge is -2.49. The van der Waals surface area contributed by atoms with E-state index in [0.29, 0.717) is 12.8 Å². The number of ketones is 1. The Morgan fingerprint density at radius 3 is 1.85 bits per heavy atom. The van der Waals surface area contributed by atoms with Crippen molar-refractivity contribution in [1.29, 1.82) is 0 Å². The van der Waals surface area contributed by atoms with Gasteiger partial charge in [-0.25, -0.2) is 4.18 Å². The topological polar surface area (TPSA) is 258 Å².